The molecule has 3 rings (SSSR count). The number of hydrogen-bond donors (Lipinski definition) is 1. The second kappa shape index (κ2) is 11.5. The molecule has 1 atom stereocenters. The molecule has 0 aliphatic heterocycles. The summed E-state index contributed by atoms with van der Waals surface area (Å²) in [7, 11) is -3.96. The number of sulfonamides is 1. The van der Waals surface area contributed by atoms with Crippen molar-refractivity contribution in [3.8, 4) is 5.75 Å². The molecule has 0 aromatic heterocycles. The lowest BCUT2D eigenvalue weighted by Gasteiger charge is -2.24. The third-order valence-corrected chi connectivity index (χ3v) is 7.39. The number of hydrogen-bond acceptors (Lipinski definition) is 4. The summed E-state index contributed by atoms with van der Waals surface area (Å²) in [5.41, 5.74) is 2.37. The number of carbonyl (C=O) groups is 1. The molecule has 0 saturated heterocycles. The van der Waals surface area contributed by atoms with Crippen LogP contribution in [0.5, 0.6) is 5.75 Å². The standard InChI is InChI=1S/C26H29ClN2O4S/c1-4-33-25-15-14-24(16-19(25)2)34(31,32)29(17-21-8-6-5-7-9-21)18-26(30)28-20(3)22-10-12-23(27)13-11-22/h5-16,20H,4,17-18H2,1-3H3,(H,28,30)/t20-/m0/s1. The summed E-state index contributed by atoms with van der Waals surface area (Å²) in [6, 6.07) is 20.8. The lowest BCUT2D eigenvalue weighted by atomic mass is 10.1. The highest BCUT2D eigenvalue weighted by atomic mass is 35.5. The number of carbonyl (C=O) groups excluding carboxylic acids is 1. The van der Waals surface area contributed by atoms with Crippen LogP contribution in [0, 0.1) is 6.92 Å². The van der Waals surface area contributed by atoms with E-state index in [1.807, 2.05) is 56.3 Å². The van der Waals surface area contributed by atoms with Crippen LogP contribution in [-0.2, 0) is 21.4 Å². The first-order valence-corrected chi connectivity index (χ1v) is 12.8. The number of nitrogens with zero attached hydrogens (tertiary/aromatic N) is 1. The zero-order valence-electron chi connectivity index (χ0n) is 19.5. The van der Waals surface area contributed by atoms with Gasteiger partial charge in [-0.15, -0.1) is 0 Å². The van der Waals surface area contributed by atoms with Crippen LogP contribution in [0.2, 0.25) is 5.02 Å². The lowest BCUT2D eigenvalue weighted by molar-refractivity contribution is -0.122. The van der Waals surface area contributed by atoms with Crippen molar-refractivity contribution < 1.29 is 17.9 Å². The van der Waals surface area contributed by atoms with Crippen LogP contribution >= 0.6 is 11.6 Å². The Bertz CT molecular complexity index is 1220. The normalized spacial score (nSPS) is 12.4. The van der Waals surface area contributed by atoms with Crippen molar-refractivity contribution in [3.05, 3.63) is 94.5 Å². The Morgan fingerprint density at radius 3 is 2.35 bits per heavy atom. The van der Waals surface area contributed by atoms with Crippen LogP contribution in [-0.4, -0.2) is 31.8 Å². The molecule has 3 aromatic carbocycles. The minimum Gasteiger partial charge on any atom is -0.494 e. The molecule has 0 spiro atoms. The molecular weight excluding hydrogens is 472 g/mol. The predicted octanol–water partition coefficient (Wildman–Crippen LogP) is 5.12. The van der Waals surface area contributed by atoms with Crippen molar-refractivity contribution in [1.29, 1.82) is 0 Å². The third-order valence-electron chi connectivity index (χ3n) is 5.35. The monoisotopic (exact) mass is 500 g/mol. The SMILES string of the molecule is CCOc1ccc(S(=O)(=O)N(CC(=O)N[C@@H](C)c2ccc(Cl)cc2)Cc2ccccc2)cc1C. The van der Waals surface area contributed by atoms with Gasteiger partial charge in [0, 0.05) is 11.6 Å². The van der Waals surface area contributed by atoms with E-state index in [-0.39, 0.29) is 24.0 Å². The molecule has 6 nitrogen and oxygen atoms in total. The summed E-state index contributed by atoms with van der Waals surface area (Å²) < 4.78 is 33.9. The van der Waals surface area contributed by atoms with Crippen LogP contribution in [0.25, 0.3) is 0 Å². The molecule has 0 bridgehead atoms. The van der Waals surface area contributed by atoms with E-state index < -0.39 is 15.9 Å². The van der Waals surface area contributed by atoms with Gasteiger partial charge in [0.25, 0.3) is 0 Å². The molecule has 0 fully saturated rings. The van der Waals surface area contributed by atoms with E-state index in [0.717, 1.165) is 11.1 Å². The zero-order valence-corrected chi connectivity index (χ0v) is 21.1. The smallest absolute Gasteiger partial charge is 0.243 e. The maximum absolute atomic E-state index is 13.6. The predicted molar refractivity (Wildman–Crippen MR) is 134 cm³/mol. The molecule has 0 unspecified atom stereocenters. The van der Waals surface area contributed by atoms with E-state index in [2.05, 4.69) is 5.32 Å². The second-order valence-electron chi connectivity index (χ2n) is 7.96. The van der Waals surface area contributed by atoms with E-state index in [1.165, 1.54) is 10.4 Å². The van der Waals surface area contributed by atoms with Crippen molar-refractivity contribution >= 4 is 27.5 Å². The number of nitrogens with one attached hydrogen (secondary N) is 1. The molecule has 0 aliphatic rings. The molecule has 0 aliphatic carbocycles. The summed E-state index contributed by atoms with van der Waals surface area (Å²) in [6.07, 6.45) is 0. The maximum atomic E-state index is 13.6. The fraction of sp³-hybridized carbons (Fsp3) is 0.269. The van der Waals surface area contributed by atoms with Gasteiger partial charge in [0.2, 0.25) is 15.9 Å². The van der Waals surface area contributed by atoms with Gasteiger partial charge in [-0.3, -0.25) is 4.79 Å². The number of ether oxygens (including phenoxy) is 1. The van der Waals surface area contributed by atoms with Crippen LogP contribution in [0.3, 0.4) is 0 Å². The van der Waals surface area contributed by atoms with E-state index in [1.54, 1.807) is 31.2 Å². The number of halogens is 1. The Morgan fingerprint density at radius 1 is 1.06 bits per heavy atom. The highest BCUT2D eigenvalue weighted by molar-refractivity contribution is 7.89. The molecule has 3 aromatic rings. The number of benzene rings is 3. The number of aryl methyl sites for hydroxylation is 1. The molecule has 34 heavy (non-hydrogen) atoms. The van der Waals surface area contributed by atoms with Crippen molar-refractivity contribution in [1.82, 2.24) is 9.62 Å². The Morgan fingerprint density at radius 2 is 1.74 bits per heavy atom. The largest absolute Gasteiger partial charge is 0.494 e. The van der Waals surface area contributed by atoms with Gasteiger partial charge in [-0.25, -0.2) is 8.42 Å². The fourth-order valence-electron chi connectivity index (χ4n) is 3.54. The molecule has 180 valence electrons. The zero-order chi connectivity index (χ0) is 24.7. The van der Waals surface area contributed by atoms with Crippen LogP contribution in [0.15, 0.2) is 77.7 Å². The van der Waals surface area contributed by atoms with Gasteiger partial charge in [0.1, 0.15) is 5.75 Å². The third kappa shape index (κ3) is 6.59. The van der Waals surface area contributed by atoms with E-state index >= 15 is 0 Å². The van der Waals surface area contributed by atoms with E-state index in [9.17, 15) is 13.2 Å². The average Bonchev–Trinajstić information content (AvgIpc) is 2.81. The maximum Gasteiger partial charge on any atom is 0.243 e. The second-order valence-corrected chi connectivity index (χ2v) is 10.3. The Balaban J connectivity index is 1.85. The van der Waals surface area contributed by atoms with Crippen molar-refractivity contribution in [2.45, 2.75) is 38.3 Å². The summed E-state index contributed by atoms with van der Waals surface area (Å²) in [6.45, 7) is 5.74. The summed E-state index contributed by atoms with van der Waals surface area (Å²) in [5.74, 6) is 0.232. The molecule has 8 heteroatoms. The van der Waals surface area contributed by atoms with Crippen LogP contribution in [0.1, 0.15) is 36.6 Å². The van der Waals surface area contributed by atoms with Gasteiger partial charge < -0.3 is 10.1 Å². The van der Waals surface area contributed by atoms with Gasteiger partial charge in [0.15, 0.2) is 0 Å². The molecule has 1 amide bonds. The summed E-state index contributed by atoms with van der Waals surface area (Å²) in [5, 5.41) is 3.49. The highest BCUT2D eigenvalue weighted by Gasteiger charge is 2.28. The molecule has 1 N–H and O–H groups in total. The number of rotatable bonds is 10. The quantitative estimate of drug-likeness (QED) is 0.419. The molecular formula is C26H29ClN2O4S. The summed E-state index contributed by atoms with van der Waals surface area (Å²) >= 11 is 5.95. The Hall–Kier alpha value is -2.87. The summed E-state index contributed by atoms with van der Waals surface area (Å²) in [4.78, 5) is 13.0. The Kier molecular flexibility index (Phi) is 8.72. The van der Waals surface area contributed by atoms with E-state index in [4.69, 9.17) is 16.3 Å². The highest BCUT2D eigenvalue weighted by Crippen LogP contribution is 2.25. The molecule has 0 radical (unpaired) electrons. The van der Waals surface area contributed by atoms with Crippen molar-refractivity contribution in [2.24, 2.45) is 0 Å². The average molecular weight is 501 g/mol. The van der Waals surface area contributed by atoms with Gasteiger partial charge in [-0.05, 0) is 67.8 Å². The topological polar surface area (TPSA) is 75.7 Å². The molecule has 0 heterocycles. The fourth-order valence-corrected chi connectivity index (χ4v) is 5.14. The molecule has 0 saturated carbocycles. The Labute approximate surface area is 206 Å². The van der Waals surface area contributed by atoms with Gasteiger partial charge in [-0.2, -0.15) is 4.31 Å². The van der Waals surface area contributed by atoms with Crippen molar-refractivity contribution in [3.63, 3.8) is 0 Å². The number of amides is 1. The van der Waals surface area contributed by atoms with Gasteiger partial charge in [-0.1, -0.05) is 54.1 Å². The lowest BCUT2D eigenvalue weighted by Crippen LogP contribution is -2.41. The first-order chi connectivity index (χ1) is 16.2. The van der Waals surface area contributed by atoms with Crippen LogP contribution < -0.4 is 10.1 Å². The first kappa shape index (κ1) is 25.7. The first-order valence-electron chi connectivity index (χ1n) is 11.0. The van der Waals surface area contributed by atoms with Gasteiger partial charge >= 0.3 is 0 Å². The van der Waals surface area contributed by atoms with E-state index in [0.29, 0.717) is 22.9 Å². The van der Waals surface area contributed by atoms with Crippen molar-refractivity contribution in [2.75, 3.05) is 13.2 Å². The van der Waals surface area contributed by atoms with Crippen LogP contribution in [0.4, 0.5) is 0 Å². The minimum atomic E-state index is -3.96. The minimum absolute atomic E-state index is 0.0676. The van der Waals surface area contributed by atoms with Gasteiger partial charge in [0.05, 0.1) is 24.1 Å².